The molecule has 3 N–H and O–H groups in total. The molecule has 1 aliphatic carbocycles. The van der Waals surface area contributed by atoms with Gasteiger partial charge in [-0.25, -0.2) is 4.79 Å². The molecule has 0 heterocycles. The molecule has 0 aromatic carbocycles. The Morgan fingerprint density at radius 1 is 1.47 bits per heavy atom. The Hall–Kier alpha value is -1.14. The van der Waals surface area contributed by atoms with Crippen LogP contribution in [-0.4, -0.2) is 46.9 Å². The standard InChI is InChI=1S/C11H19NO5/c1-7(13)9(10(15)16)12-8(14)6-11(17-2)4-3-5-11/h7,9,13H,3-6H2,1-2H3,(H,12,14)(H,15,16)/t7-,9+/m1/s1. The fraction of sp³-hybridized carbons (Fsp3) is 0.818. The molecule has 0 bridgehead atoms. The number of carbonyl (C=O) groups is 2. The van der Waals surface area contributed by atoms with Crippen molar-refractivity contribution < 1.29 is 24.5 Å². The van der Waals surface area contributed by atoms with Crippen LogP contribution in [0.15, 0.2) is 0 Å². The molecule has 0 aromatic rings. The first-order chi connectivity index (χ1) is 7.90. The predicted octanol–water partition coefficient (Wildman–Crippen LogP) is -0.104. The average molecular weight is 245 g/mol. The molecule has 0 unspecified atom stereocenters. The summed E-state index contributed by atoms with van der Waals surface area (Å²) in [5.41, 5.74) is -0.439. The van der Waals surface area contributed by atoms with Gasteiger partial charge in [0.05, 0.1) is 18.1 Å². The largest absolute Gasteiger partial charge is 0.480 e. The van der Waals surface area contributed by atoms with E-state index in [1.807, 2.05) is 0 Å². The lowest BCUT2D eigenvalue weighted by Crippen LogP contribution is -2.51. The summed E-state index contributed by atoms with van der Waals surface area (Å²) >= 11 is 0. The van der Waals surface area contributed by atoms with Gasteiger partial charge in [-0.05, 0) is 26.2 Å². The number of aliphatic hydroxyl groups excluding tert-OH is 1. The SMILES string of the molecule is COC1(CC(=O)N[C@H](C(=O)O)[C@@H](C)O)CCC1. The maximum atomic E-state index is 11.7. The molecule has 6 heteroatoms. The Labute approximate surface area is 100.0 Å². The lowest BCUT2D eigenvalue weighted by molar-refractivity contribution is -0.147. The van der Waals surface area contributed by atoms with Crippen molar-refractivity contribution in [3.05, 3.63) is 0 Å². The molecule has 17 heavy (non-hydrogen) atoms. The molecular formula is C11H19NO5. The van der Waals surface area contributed by atoms with Gasteiger partial charge in [0.15, 0.2) is 6.04 Å². The topological polar surface area (TPSA) is 95.9 Å². The number of carboxylic acid groups (broad SMARTS) is 1. The van der Waals surface area contributed by atoms with Crippen LogP contribution < -0.4 is 5.32 Å². The van der Waals surface area contributed by atoms with E-state index in [1.165, 1.54) is 6.92 Å². The second kappa shape index (κ2) is 5.46. The second-order valence-corrected chi connectivity index (χ2v) is 4.54. The van der Waals surface area contributed by atoms with E-state index >= 15 is 0 Å². The zero-order valence-corrected chi connectivity index (χ0v) is 10.1. The maximum absolute atomic E-state index is 11.7. The first-order valence-corrected chi connectivity index (χ1v) is 5.65. The average Bonchev–Trinajstić information content (AvgIpc) is 2.19. The minimum absolute atomic E-state index is 0.139. The molecule has 0 spiro atoms. The number of aliphatic hydroxyl groups is 1. The summed E-state index contributed by atoms with van der Waals surface area (Å²) in [5, 5.41) is 20.4. The fourth-order valence-electron chi connectivity index (χ4n) is 1.93. The molecular weight excluding hydrogens is 226 g/mol. The zero-order valence-electron chi connectivity index (χ0n) is 10.1. The van der Waals surface area contributed by atoms with E-state index in [0.29, 0.717) is 0 Å². The van der Waals surface area contributed by atoms with Gasteiger partial charge in [0.25, 0.3) is 0 Å². The molecule has 1 aliphatic rings. The van der Waals surface area contributed by atoms with Gasteiger partial charge < -0.3 is 20.3 Å². The highest BCUT2D eigenvalue weighted by atomic mass is 16.5. The highest BCUT2D eigenvalue weighted by Crippen LogP contribution is 2.37. The Kier molecular flexibility index (Phi) is 4.47. The third-order valence-electron chi connectivity index (χ3n) is 3.25. The number of rotatable bonds is 6. The van der Waals surface area contributed by atoms with Crippen LogP contribution in [0.4, 0.5) is 0 Å². The number of amides is 1. The summed E-state index contributed by atoms with van der Waals surface area (Å²) in [7, 11) is 1.55. The molecule has 1 saturated carbocycles. The van der Waals surface area contributed by atoms with Crippen LogP contribution in [0.2, 0.25) is 0 Å². The van der Waals surface area contributed by atoms with Crippen molar-refractivity contribution in [3.63, 3.8) is 0 Å². The van der Waals surface area contributed by atoms with Crippen molar-refractivity contribution in [3.8, 4) is 0 Å². The van der Waals surface area contributed by atoms with Crippen molar-refractivity contribution >= 4 is 11.9 Å². The molecule has 6 nitrogen and oxygen atoms in total. The third kappa shape index (κ3) is 3.41. The number of carboxylic acids is 1. The highest BCUT2D eigenvalue weighted by molar-refractivity contribution is 5.84. The van der Waals surface area contributed by atoms with Crippen LogP contribution in [-0.2, 0) is 14.3 Å². The van der Waals surface area contributed by atoms with Gasteiger partial charge in [0.1, 0.15) is 0 Å². The third-order valence-corrected chi connectivity index (χ3v) is 3.25. The number of hydrogen-bond acceptors (Lipinski definition) is 4. The minimum atomic E-state index is -1.27. The number of aliphatic carboxylic acids is 1. The van der Waals surface area contributed by atoms with Crippen LogP contribution in [0, 0.1) is 0 Å². The van der Waals surface area contributed by atoms with Crippen LogP contribution in [0.5, 0.6) is 0 Å². The highest BCUT2D eigenvalue weighted by Gasteiger charge is 2.39. The van der Waals surface area contributed by atoms with Gasteiger partial charge in [-0.2, -0.15) is 0 Å². The summed E-state index contributed by atoms with van der Waals surface area (Å²) in [6.45, 7) is 1.33. The Morgan fingerprint density at radius 3 is 2.35 bits per heavy atom. The number of ether oxygens (including phenoxy) is 1. The number of nitrogens with one attached hydrogen (secondary N) is 1. The van der Waals surface area contributed by atoms with Gasteiger partial charge in [-0.3, -0.25) is 4.79 Å². The van der Waals surface area contributed by atoms with E-state index in [-0.39, 0.29) is 6.42 Å². The molecule has 0 radical (unpaired) electrons. The Balaban J connectivity index is 2.50. The van der Waals surface area contributed by atoms with E-state index in [4.69, 9.17) is 9.84 Å². The molecule has 1 rings (SSSR count). The second-order valence-electron chi connectivity index (χ2n) is 4.54. The van der Waals surface area contributed by atoms with Gasteiger partial charge in [0, 0.05) is 7.11 Å². The summed E-state index contributed by atoms with van der Waals surface area (Å²) < 4.78 is 5.28. The maximum Gasteiger partial charge on any atom is 0.328 e. The number of hydrogen-bond donors (Lipinski definition) is 3. The van der Waals surface area contributed by atoms with Crippen LogP contribution in [0.25, 0.3) is 0 Å². The quantitative estimate of drug-likeness (QED) is 0.607. The van der Waals surface area contributed by atoms with Crippen LogP contribution in [0.1, 0.15) is 32.6 Å². The Morgan fingerprint density at radius 2 is 2.06 bits per heavy atom. The minimum Gasteiger partial charge on any atom is -0.480 e. The van der Waals surface area contributed by atoms with Gasteiger partial charge in [-0.1, -0.05) is 0 Å². The molecule has 1 fully saturated rings. The summed E-state index contributed by atoms with van der Waals surface area (Å²) in [5.74, 6) is -1.65. The monoisotopic (exact) mass is 245 g/mol. The van der Waals surface area contributed by atoms with Gasteiger partial charge in [0.2, 0.25) is 5.91 Å². The fourth-order valence-corrected chi connectivity index (χ4v) is 1.93. The summed E-state index contributed by atoms with van der Waals surface area (Å²) in [4.78, 5) is 22.5. The first-order valence-electron chi connectivity index (χ1n) is 5.65. The molecule has 98 valence electrons. The van der Waals surface area contributed by atoms with Crippen LogP contribution in [0.3, 0.4) is 0 Å². The van der Waals surface area contributed by atoms with E-state index in [1.54, 1.807) is 7.11 Å². The molecule has 2 atom stereocenters. The lowest BCUT2D eigenvalue weighted by atomic mass is 9.77. The number of methoxy groups -OCH3 is 1. The predicted molar refractivity (Wildman–Crippen MR) is 59.5 cm³/mol. The van der Waals surface area contributed by atoms with Crippen molar-refractivity contribution in [2.75, 3.05) is 7.11 Å². The molecule has 1 amide bonds. The Bertz CT molecular complexity index is 293. The van der Waals surface area contributed by atoms with Crippen molar-refractivity contribution in [2.45, 2.75) is 50.4 Å². The van der Waals surface area contributed by atoms with Crippen molar-refractivity contribution in [2.24, 2.45) is 0 Å². The van der Waals surface area contributed by atoms with Crippen molar-refractivity contribution in [1.29, 1.82) is 0 Å². The van der Waals surface area contributed by atoms with E-state index in [2.05, 4.69) is 5.32 Å². The van der Waals surface area contributed by atoms with E-state index in [9.17, 15) is 14.7 Å². The summed E-state index contributed by atoms with van der Waals surface area (Å²) in [6.07, 6.45) is 1.64. The molecule has 0 aromatic heterocycles. The van der Waals surface area contributed by atoms with Gasteiger partial charge >= 0.3 is 5.97 Å². The zero-order chi connectivity index (χ0) is 13.1. The summed E-state index contributed by atoms with van der Waals surface area (Å²) in [6, 6.07) is -1.27. The van der Waals surface area contributed by atoms with Crippen molar-refractivity contribution in [1.82, 2.24) is 5.32 Å². The molecule has 0 aliphatic heterocycles. The first kappa shape index (κ1) is 13.9. The van der Waals surface area contributed by atoms with E-state index in [0.717, 1.165) is 19.3 Å². The van der Waals surface area contributed by atoms with Crippen LogP contribution >= 0.6 is 0 Å². The number of carbonyl (C=O) groups excluding carboxylic acids is 1. The normalized spacial score (nSPS) is 21.1. The lowest BCUT2D eigenvalue weighted by Gasteiger charge is -2.40. The van der Waals surface area contributed by atoms with Gasteiger partial charge in [-0.15, -0.1) is 0 Å². The smallest absolute Gasteiger partial charge is 0.328 e. The van der Waals surface area contributed by atoms with E-state index < -0.39 is 29.6 Å². The molecule has 0 saturated heterocycles.